The highest BCUT2D eigenvalue weighted by atomic mass is 16.2. The molecule has 0 spiro atoms. The van der Waals surface area contributed by atoms with Crippen molar-refractivity contribution in [2.75, 3.05) is 0 Å². The number of amides is 3. The molecule has 0 aromatic heterocycles. The van der Waals surface area contributed by atoms with Gasteiger partial charge in [0.05, 0.1) is 6.04 Å². The molecule has 0 fully saturated rings. The molecule has 7 nitrogen and oxygen atoms in total. The van der Waals surface area contributed by atoms with E-state index in [2.05, 4.69) is 5.32 Å². The maximum atomic E-state index is 11.6. The number of primary amides is 2. The summed E-state index contributed by atoms with van der Waals surface area (Å²) in [5, 5.41) is 2.41. The van der Waals surface area contributed by atoms with Crippen molar-refractivity contribution in [3.05, 3.63) is 0 Å². The highest BCUT2D eigenvalue weighted by Crippen LogP contribution is 2.01. The van der Waals surface area contributed by atoms with E-state index in [9.17, 15) is 14.4 Å². The number of hydrogen-bond donors (Lipinski definition) is 4. The molecule has 0 aromatic carbocycles. The van der Waals surface area contributed by atoms with Crippen LogP contribution in [0.2, 0.25) is 0 Å². The van der Waals surface area contributed by atoms with Crippen molar-refractivity contribution in [3.8, 4) is 0 Å². The fourth-order valence-electron chi connectivity index (χ4n) is 1.14. The van der Waals surface area contributed by atoms with Crippen LogP contribution >= 0.6 is 0 Å². The zero-order chi connectivity index (χ0) is 13.6. The van der Waals surface area contributed by atoms with Crippen LogP contribution in [0.25, 0.3) is 0 Å². The average Bonchev–Trinajstić information content (AvgIpc) is 2.21. The van der Waals surface area contributed by atoms with Gasteiger partial charge in [-0.3, -0.25) is 14.4 Å². The summed E-state index contributed by atoms with van der Waals surface area (Å²) >= 11 is 0. The number of hydrogen-bond acceptors (Lipinski definition) is 4. The smallest absolute Gasteiger partial charge is 0.240 e. The molecule has 0 heterocycles. The van der Waals surface area contributed by atoms with Crippen LogP contribution in [-0.2, 0) is 14.4 Å². The molecule has 7 heteroatoms. The molecule has 0 aliphatic rings. The van der Waals surface area contributed by atoms with Gasteiger partial charge in [0.15, 0.2) is 0 Å². The minimum absolute atomic E-state index is 0.0230. The van der Waals surface area contributed by atoms with E-state index in [4.69, 9.17) is 17.2 Å². The second kappa shape index (κ2) is 6.85. The molecule has 3 amide bonds. The second-order valence-electron chi connectivity index (χ2n) is 4.24. The van der Waals surface area contributed by atoms with Crippen molar-refractivity contribution in [1.29, 1.82) is 0 Å². The fraction of sp³-hybridized carbons (Fsp3) is 0.700. The van der Waals surface area contributed by atoms with Crippen LogP contribution in [0.1, 0.15) is 26.7 Å². The first kappa shape index (κ1) is 15.4. The van der Waals surface area contributed by atoms with Gasteiger partial charge in [-0.25, -0.2) is 0 Å². The van der Waals surface area contributed by atoms with E-state index < -0.39 is 29.8 Å². The summed E-state index contributed by atoms with van der Waals surface area (Å²) in [6, 6.07) is -1.63. The third-order valence-electron chi connectivity index (χ3n) is 2.36. The molecule has 0 aliphatic carbocycles. The lowest BCUT2D eigenvalue weighted by Gasteiger charge is -2.20. The van der Waals surface area contributed by atoms with E-state index in [1.54, 1.807) is 13.8 Å². The minimum Gasteiger partial charge on any atom is -0.370 e. The predicted molar refractivity (Wildman–Crippen MR) is 62.4 cm³/mol. The predicted octanol–water partition coefficient (Wildman–Crippen LogP) is -1.79. The third-order valence-corrected chi connectivity index (χ3v) is 2.36. The Morgan fingerprint density at radius 2 is 1.71 bits per heavy atom. The van der Waals surface area contributed by atoms with Crippen LogP contribution in [0.3, 0.4) is 0 Å². The Labute approximate surface area is 100 Å². The number of nitrogens with one attached hydrogen (secondary N) is 1. The van der Waals surface area contributed by atoms with Gasteiger partial charge in [-0.2, -0.15) is 0 Å². The lowest BCUT2D eigenvalue weighted by Crippen LogP contribution is -2.52. The van der Waals surface area contributed by atoms with Gasteiger partial charge in [-0.1, -0.05) is 13.8 Å². The highest BCUT2D eigenvalue weighted by molar-refractivity contribution is 5.89. The van der Waals surface area contributed by atoms with E-state index in [1.807, 2.05) is 0 Å². The molecule has 17 heavy (non-hydrogen) atoms. The van der Waals surface area contributed by atoms with Gasteiger partial charge in [-0.05, 0) is 12.3 Å². The quantitative estimate of drug-likeness (QED) is 0.419. The van der Waals surface area contributed by atoms with Gasteiger partial charge >= 0.3 is 0 Å². The van der Waals surface area contributed by atoms with Gasteiger partial charge in [0.25, 0.3) is 0 Å². The summed E-state index contributed by atoms with van der Waals surface area (Å²) in [6.45, 7) is 3.57. The summed E-state index contributed by atoms with van der Waals surface area (Å²) in [6.07, 6.45) is 0.0615. The summed E-state index contributed by atoms with van der Waals surface area (Å²) in [5.74, 6) is -1.79. The number of rotatable bonds is 7. The molecule has 0 radical (unpaired) electrons. The molecule has 2 atom stereocenters. The van der Waals surface area contributed by atoms with Crippen molar-refractivity contribution in [1.82, 2.24) is 5.32 Å². The second-order valence-corrected chi connectivity index (χ2v) is 4.24. The van der Waals surface area contributed by atoms with Gasteiger partial charge in [-0.15, -0.1) is 0 Å². The summed E-state index contributed by atoms with van der Waals surface area (Å²) < 4.78 is 0. The van der Waals surface area contributed by atoms with Gasteiger partial charge in [0.2, 0.25) is 17.7 Å². The Morgan fingerprint density at radius 1 is 1.18 bits per heavy atom. The molecule has 98 valence electrons. The first-order valence-electron chi connectivity index (χ1n) is 5.39. The number of nitrogens with two attached hydrogens (primary N) is 3. The lowest BCUT2D eigenvalue weighted by molar-refractivity contribution is -0.129. The fourth-order valence-corrected chi connectivity index (χ4v) is 1.14. The SMILES string of the molecule is CC(C)C(N)C(=O)NC(CCC(N)=O)C(N)=O. The molecule has 0 aromatic rings. The van der Waals surface area contributed by atoms with Gasteiger partial charge in [0.1, 0.15) is 6.04 Å². The topological polar surface area (TPSA) is 141 Å². The Balaban J connectivity index is 4.39. The van der Waals surface area contributed by atoms with E-state index in [1.165, 1.54) is 0 Å². The summed E-state index contributed by atoms with van der Waals surface area (Å²) in [7, 11) is 0. The largest absolute Gasteiger partial charge is 0.370 e. The normalized spacial score (nSPS) is 14.1. The van der Waals surface area contributed by atoms with Gasteiger partial charge in [0, 0.05) is 6.42 Å². The molecular formula is C10H20N4O3. The third kappa shape index (κ3) is 5.86. The van der Waals surface area contributed by atoms with Crippen molar-refractivity contribution in [2.45, 2.75) is 38.8 Å². The lowest BCUT2D eigenvalue weighted by atomic mass is 10.0. The van der Waals surface area contributed by atoms with Crippen molar-refractivity contribution >= 4 is 17.7 Å². The van der Waals surface area contributed by atoms with Crippen molar-refractivity contribution in [3.63, 3.8) is 0 Å². The highest BCUT2D eigenvalue weighted by Gasteiger charge is 2.23. The van der Waals surface area contributed by atoms with Crippen LogP contribution in [0.4, 0.5) is 0 Å². The zero-order valence-corrected chi connectivity index (χ0v) is 10.1. The zero-order valence-electron chi connectivity index (χ0n) is 10.1. The van der Waals surface area contributed by atoms with Crippen LogP contribution < -0.4 is 22.5 Å². The number of carbonyl (C=O) groups is 3. The molecule has 0 rings (SSSR count). The Kier molecular flexibility index (Phi) is 6.19. The molecule has 0 aliphatic heterocycles. The Morgan fingerprint density at radius 3 is 2.06 bits per heavy atom. The van der Waals surface area contributed by atoms with Crippen LogP contribution in [0.5, 0.6) is 0 Å². The van der Waals surface area contributed by atoms with Crippen LogP contribution in [-0.4, -0.2) is 29.8 Å². The van der Waals surface area contributed by atoms with E-state index in [0.29, 0.717) is 0 Å². The van der Waals surface area contributed by atoms with E-state index >= 15 is 0 Å². The standard InChI is InChI=1S/C10H20N4O3/c1-5(2)8(12)10(17)14-6(9(13)16)3-4-7(11)15/h5-6,8H,3-4,12H2,1-2H3,(H2,11,15)(H2,13,16)(H,14,17). The molecule has 2 unspecified atom stereocenters. The summed E-state index contributed by atoms with van der Waals surface area (Å²) in [5.41, 5.74) is 15.7. The average molecular weight is 244 g/mol. The molecule has 0 saturated carbocycles. The van der Waals surface area contributed by atoms with Crippen molar-refractivity contribution < 1.29 is 14.4 Å². The number of carbonyl (C=O) groups excluding carboxylic acids is 3. The Bertz CT molecular complexity index is 304. The minimum atomic E-state index is -0.917. The molecule has 7 N–H and O–H groups in total. The van der Waals surface area contributed by atoms with Crippen LogP contribution in [0.15, 0.2) is 0 Å². The first-order valence-corrected chi connectivity index (χ1v) is 5.39. The first-order chi connectivity index (χ1) is 7.75. The maximum absolute atomic E-state index is 11.6. The van der Waals surface area contributed by atoms with E-state index in [0.717, 1.165) is 0 Å². The van der Waals surface area contributed by atoms with Crippen molar-refractivity contribution in [2.24, 2.45) is 23.1 Å². The van der Waals surface area contributed by atoms with E-state index in [-0.39, 0.29) is 18.8 Å². The molecule has 0 saturated heterocycles. The maximum Gasteiger partial charge on any atom is 0.240 e. The van der Waals surface area contributed by atoms with Crippen LogP contribution in [0, 0.1) is 5.92 Å². The Hall–Kier alpha value is -1.63. The molecular weight excluding hydrogens is 224 g/mol. The molecule has 0 bridgehead atoms. The monoisotopic (exact) mass is 244 g/mol. The van der Waals surface area contributed by atoms with Gasteiger partial charge < -0.3 is 22.5 Å². The summed E-state index contributed by atoms with van der Waals surface area (Å²) in [4.78, 5) is 33.2.